The van der Waals surface area contributed by atoms with Crippen LogP contribution in [0.15, 0.2) is 16.3 Å². The zero-order chi connectivity index (χ0) is 13.3. The van der Waals surface area contributed by atoms with Gasteiger partial charge in [0.15, 0.2) is 0 Å². The van der Waals surface area contributed by atoms with Crippen molar-refractivity contribution in [3.8, 4) is 0 Å². The number of aromatic amines is 1. The van der Waals surface area contributed by atoms with E-state index in [1.807, 2.05) is 20.8 Å². The van der Waals surface area contributed by atoms with Crippen molar-refractivity contribution in [1.29, 1.82) is 0 Å². The van der Waals surface area contributed by atoms with Gasteiger partial charge in [-0.25, -0.2) is 13.1 Å². The Morgan fingerprint density at radius 3 is 2.56 bits per heavy atom. The Morgan fingerprint density at radius 1 is 1.33 bits per heavy atom. The van der Waals surface area contributed by atoms with E-state index in [9.17, 15) is 8.42 Å². The second-order valence-corrected chi connectivity index (χ2v) is 7.38. The molecule has 0 aliphatic rings. The molecule has 2 N–H and O–H groups in total. The van der Waals surface area contributed by atoms with Gasteiger partial charge in [-0.3, -0.25) is 5.10 Å². The minimum Gasteiger partial charge on any atom is -0.282 e. The quantitative estimate of drug-likeness (QED) is 0.900. The van der Waals surface area contributed by atoms with Crippen molar-refractivity contribution < 1.29 is 8.42 Å². The molecular weight excluding hydrogens is 270 g/mol. The number of aromatic nitrogens is 2. The number of thiophene rings is 1. The molecule has 2 aromatic heterocycles. The molecule has 0 bridgehead atoms. The molecule has 0 aromatic carbocycles. The van der Waals surface area contributed by atoms with E-state index in [4.69, 9.17) is 0 Å². The predicted octanol–water partition coefficient (Wildman–Crippen LogP) is 1.87. The second-order valence-electron chi connectivity index (χ2n) is 4.10. The predicted molar refractivity (Wildman–Crippen MR) is 71.1 cm³/mol. The molecule has 0 unspecified atom stereocenters. The summed E-state index contributed by atoms with van der Waals surface area (Å²) in [6.45, 7) is 5.86. The highest BCUT2D eigenvalue weighted by atomic mass is 32.2. The first-order valence-electron chi connectivity index (χ1n) is 5.46. The minimum absolute atomic E-state index is 0.257. The molecule has 0 amide bonds. The van der Waals surface area contributed by atoms with E-state index in [0.29, 0.717) is 4.21 Å². The van der Waals surface area contributed by atoms with E-state index in [2.05, 4.69) is 14.9 Å². The van der Waals surface area contributed by atoms with E-state index in [1.54, 1.807) is 12.1 Å². The molecule has 0 saturated heterocycles. The highest BCUT2D eigenvalue weighted by Crippen LogP contribution is 2.21. The number of H-pyrrole nitrogens is 1. The molecule has 0 spiro atoms. The van der Waals surface area contributed by atoms with Crippen LogP contribution in [0.25, 0.3) is 0 Å². The van der Waals surface area contributed by atoms with Crippen LogP contribution >= 0.6 is 11.3 Å². The summed E-state index contributed by atoms with van der Waals surface area (Å²) in [7, 11) is -3.42. The topological polar surface area (TPSA) is 74.8 Å². The maximum Gasteiger partial charge on any atom is 0.250 e. The van der Waals surface area contributed by atoms with Gasteiger partial charge in [0.1, 0.15) is 4.21 Å². The van der Waals surface area contributed by atoms with Crippen LogP contribution in [0.1, 0.15) is 21.8 Å². The summed E-state index contributed by atoms with van der Waals surface area (Å²) in [5.41, 5.74) is 2.60. The molecule has 98 valence electrons. The van der Waals surface area contributed by atoms with Crippen LogP contribution in [-0.4, -0.2) is 18.6 Å². The molecule has 18 heavy (non-hydrogen) atoms. The number of nitrogens with zero attached hydrogens (tertiary/aromatic N) is 1. The number of rotatable bonds is 4. The molecule has 2 aromatic rings. The number of nitrogens with one attached hydrogen (secondary N) is 2. The number of hydrogen-bond acceptors (Lipinski definition) is 4. The summed E-state index contributed by atoms with van der Waals surface area (Å²) in [6, 6.07) is 3.42. The summed E-state index contributed by atoms with van der Waals surface area (Å²) >= 11 is 1.27. The lowest BCUT2D eigenvalue weighted by molar-refractivity contribution is 0.583. The van der Waals surface area contributed by atoms with E-state index < -0.39 is 10.0 Å². The van der Waals surface area contributed by atoms with Gasteiger partial charge in [0.2, 0.25) is 10.0 Å². The molecule has 2 rings (SSSR count). The third-order valence-corrected chi connectivity index (χ3v) is 5.59. The molecule has 0 atom stereocenters. The third kappa shape index (κ3) is 2.63. The first kappa shape index (κ1) is 13.3. The van der Waals surface area contributed by atoms with Crippen molar-refractivity contribution >= 4 is 21.4 Å². The largest absolute Gasteiger partial charge is 0.282 e. The zero-order valence-electron chi connectivity index (χ0n) is 10.4. The van der Waals surface area contributed by atoms with Crippen LogP contribution in [0.2, 0.25) is 0 Å². The first-order valence-corrected chi connectivity index (χ1v) is 7.76. The van der Waals surface area contributed by atoms with Crippen molar-refractivity contribution in [1.82, 2.24) is 14.9 Å². The maximum absolute atomic E-state index is 12.0. The fraction of sp³-hybridized carbons (Fsp3) is 0.364. The molecule has 0 saturated carbocycles. The van der Waals surface area contributed by atoms with Crippen LogP contribution in [-0.2, 0) is 16.6 Å². The first-order chi connectivity index (χ1) is 8.40. The highest BCUT2D eigenvalue weighted by molar-refractivity contribution is 7.91. The second kappa shape index (κ2) is 4.83. The monoisotopic (exact) mass is 285 g/mol. The lowest BCUT2D eigenvalue weighted by Crippen LogP contribution is -2.22. The number of hydrogen-bond donors (Lipinski definition) is 2. The van der Waals surface area contributed by atoms with Gasteiger partial charge in [0.25, 0.3) is 0 Å². The molecule has 0 aliphatic heterocycles. The fourth-order valence-electron chi connectivity index (χ4n) is 1.63. The number of aryl methyl sites for hydroxylation is 3. The fourth-order valence-corrected chi connectivity index (χ4v) is 3.95. The molecule has 0 radical (unpaired) electrons. The van der Waals surface area contributed by atoms with Crippen LogP contribution in [0.4, 0.5) is 0 Å². The van der Waals surface area contributed by atoms with E-state index in [-0.39, 0.29) is 6.54 Å². The standard InChI is InChI=1S/C11H15N3O2S2/c1-7-4-5-11(17-7)18(15,16)12-6-10-8(2)13-14-9(10)3/h4-5,12H,6H2,1-3H3,(H,13,14). The Balaban J connectivity index is 2.15. The number of sulfonamides is 1. The Hall–Kier alpha value is -1.18. The molecule has 2 heterocycles. The van der Waals surface area contributed by atoms with Gasteiger partial charge in [0.05, 0.1) is 5.69 Å². The molecule has 7 heteroatoms. The van der Waals surface area contributed by atoms with Gasteiger partial charge in [-0.1, -0.05) is 0 Å². The van der Waals surface area contributed by atoms with Crippen LogP contribution in [0, 0.1) is 20.8 Å². The third-order valence-electron chi connectivity index (χ3n) is 2.70. The smallest absolute Gasteiger partial charge is 0.250 e. The summed E-state index contributed by atoms with van der Waals surface area (Å²) in [6.07, 6.45) is 0. The Bertz CT molecular complexity index is 636. The van der Waals surface area contributed by atoms with E-state index >= 15 is 0 Å². The zero-order valence-corrected chi connectivity index (χ0v) is 12.1. The summed E-state index contributed by atoms with van der Waals surface area (Å²) < 4.78 is 27.0. The van der Waals surface area contributed by atoms with Crippen LogP contribution in [0.3, 0.4) is 0 Å². The molecule has 5 nitrogen and oxygen atoms in total. The van der Waals surface area contributed by atoms with Crippen molar-refractivity contribution in [3.05, 3.63) is 34.0 Å². The van der Waals surface area contributed by atoms with Crippen molar-refractivity contribution in [2.24, 2.45) is 0 Å². The molecule has 0 aliphatic carbocycles. The molecular formula is C11H15N3O2S2. The van der Waals surface area contributed by atoms with Gasteiger partial charge in [-0.15, -0.1) is 11.3 Å². The van der Waals surface area contributed by atoms with E-state index in [1.165, 1.54) is 11.3 Å². The van der Waals surface area contributed by atoms with Crippen LogP contribution in [0.5, 0.6) is 0 Å². The highest BCUT2D eigenvalue weighted by Gasteiger charge is 2.17. The average molecular weight is 285 g/mol. The lowest BCUT2D eigenvalue weighted by atomic mass is 10.2. The van der Waals surface area contributed by atoms with Gasteiger partial charge in [0, 0.05) is 22.7 Å². The maximum atomic E-state index is 12.0. The van der Waals surface area contributed by atoms with Crippen LogP contribution < -0.4 is 4.72 Å². The Labute approximate surface area is 110 Å². The summed E-state index contributed by atoms with van der Waals surface area (Å²) in [5, 5.41) is 6.87. The van der Waals surface area contributed by atoms with Gasteiger partial charge < -0.3 is 0 Å². The summed E-state index contributed by atoms with van der Waals surface area (Å²) in [4.78, 5) is 0.978. The SMILES string of the molecule is Cc1ccc(S(=O)(=O)NCc2c(C)n[nH]c2C)s1. The Morgan fingerprint density at radius 2 is 2.06 bits per heavy atom. The average Bonchev–Trinajstić information content (AvgIpc) is 2.85. The molecule has 0 fully saturated rings. The van der Waals surface area contributed by atoms with E-state index in [0.717, 1.165) is 21.8 Å². The lowest BCUT2D eigenvalue weighted by Gasteiger charge is -2.04. The van der Waals surface area contributed by atoms with Crippen molar-refractivity contribution in [2.75, 3.05) is 0 Å². The van der Waals surface area contributed by atoms with Gasteiger partial charge in [-0.2, -0.15) is 5.10 Å². The summed E-state index contributed by atoms with van der Waals surface area (Å²) in [5.74, 6) is 0. The minimum atomic E-state index is -3.42. The van der Waals surface area contributed by atoms with Crippen molar-refractivity contribution in [2.45, 2.75) is 31.5 Å². The van der Waals surface area contributed by atoms with Gasteiger partial charge in [-0.05, 0) is 32.9 Å². The van der Waals surface area contributed by atoms with Crippen molar-refractivity contribution in [3.63, 3.8) is 0 Å². The van der Waals surface area contributed by atoms with Gasteiger partial charge >= 0.3 is 0 Å². The Kier molecular flexibility index (Phi) is 3.56. The normalized spacial score (nSPS) is 11.9.